The zero-order chi connectivity index (χ0) is 38.5. The number of benzene rings is 6. The highest BCUT2D eigenvalue weighted by Crippen LogP contribution is 2.68. The first-order valence-corrected chi connectivity index (χ1v) is 22.3. The van der Waals surface area contributed by atoms with E-state index in [-0.39, 0.29) is 44.2 Å². The van der Waals surface area contributed by atoms with Crippen LogP contribution in [0.25, 0.3) is 0 Å². The Bertz CT molecular complexity index is 2270. The Kier molecular flexibility index (Phi) is 8.26. The second kappa shape index (κ2) is 12.9. The maximum atomic E-state index is 5.69. The van der Waals surface area contributed by atoms with Gasteiger partial charge in [-0.05, 0) is 83.3 Å². The van der Waals surface area contributed by atoms with Crippen LogP contribution in [0.3, 0.4) is 0 Å². The number of nitrogens with zero attached hydrogens (tertiary/aromatic N) is 2. The first-order chi connectivity index (χ1) is 27.1. The highest BCUT2D eigenvalue weighted by Gasteiger charge is 2.65. The predicted octanol–water partition coefficient (Wildman–Crippen LogP) is 12.0. The third-order valence-electron chi connectivity index (χ3n) is 14.3. The third-order valence-corrected chi connectivity index (χ3v) is 17.8. The molecule has 4 bridgehead atoms. The van der Waals surface area contributed by atoms with Gasteiger partial charge in [0.15, 0.2) is 0 Å². The molecule has 4 atom stereocenters. The van der Waals surface area contributed by atoms with Crippen molar-refractivity contribution >= 4 is 34.0 Å². The summed E-state index contributed by atoms with van der Waals surface area (Å²) >= 11 is 0. The Balaban J connectivity index is 1.14. The maximum Gasteiger partial charge on any atom is 0.0773 e. The topological polar surface area (TPSA) is 24.7 Å². The molecule has 0 amide bonds. The molecule has 278 valence electrons. The van der Waals surface area contributed by atoms with Crippen LogP contribution in [0.15, 0.2) is 156 Å². The second-order valence-electron chi connectivity index (χ2n) is 17.3. The molecule has 0 saturated heterocycles. The van der Waals surface area contributed by atoms with Crippen LogP contribution in [0.2, 0.25) is 0 Å². The molecule has 0 spiro atoms. The molecule has 0 radical (unpaired) electrons. The van der Waals surface area contributed by atoms with Gasteiger partial charge < -0.3 is 0 Å². The maximum absolute atomic E-state index is 5.69. The fourth-order valence-electron chi connectivity index (χ4n) is 11.1. The fraction of sp³-hybridized carbons (Fsp3) is 0.269. The fourth-order valence-corrected chi connectivity index (χ4v) is 15.7. The smallest absolute Gasteiger partial charge is 0.0773 e. The summed E-state index contributed by atoms with van der Waals surface area (Å²) in [5.74, 6) is 0. The predicted molar refractivity (Wildman–Crippen MR) is 239 cm³/mol. The van der Waals surface area contributed by atoms with Crippen LogP contribution in [-0.4, -0.2) is 35.0 Å². The molecule has 56 heavy (non-hydrogen) atoms. The van der Waals surface area contributed by atoms with Crippen LogP contribution in [0, 0.1) is 13.8 Å². The average Bonchev–Trinajstić information content (AvgIpc) is 3.23. The van der Waals surface area contributed by atoms with Gasteiger partial charge in [-0.25, -0.2) is 0 Å². The van der Waals surface area contributed by atoms with Crippen molar-refractivity contribution in [2.24, 2.45) is 9.98 Å². The Morgan fingerprint density at radius 2 is 0.625 bits per heavy atom. The lowest BCUT2D eigenvalue weighted by Gasteiger charge is -2.62. The molecule has 6 aromatic carbocycles. The molecule has 12 rings (SSSR count). The minimum absolute atomic E-state index is 0.00866. The van der Waals surface area contributed by atoms with Crippen molar-refractivity contribution in [3.05, 3.63) is 212 Å². The molecule has 6 aromatic rings. The van der Waals surface area contributed by atoms with E-state index in [1.807, 2.05) is 0 Å². The third kappa shape index (κ3) is 4.84. The number of hydrogen-bond acceptors (Lipinski definition) is 4. The molecule has 0 saturated carbocycles. The molecular formula is C52H48N2S2. The van der Waals surface area contributed by atoms with Crippen LogP contribution in [0.4, 0.5) is 0 Å². The van der Waals surface area contributed by atoms with Gasteiger partial charge >= 0.3 is 0 Å². The minimum atomic E-state index is -0.298. The normalized spacial score (nSPS) is 30.6. The van der Waals surface area contributed by atoms with E-state index >= 15 is 0 Å². The Hall–Kier alpha value is -4.64. The zero-order valence-electron chi connectivity index (χ0n) is 33.0. The molecule has 6 aliphatic carbocycles. The van der Waals surface area contributed by atoms with E-state index in [0.29, 0.717) is 0 Å². The van der Waals surface area contributed by atoms with E-state index in [1.54, 1.807) is 0 Å². The Morgan fingerprint density at radius 1 is 0.375 bits per heavy atom. The van der Waals surface area contributed by atoms with Crippen molar-refractivity contribution in [1.82, 2.24) is 0 Å². The molecule has 4 heteroatoms. The molecule has 6 aliphatic rings. The average molecular weight is 765 g/mol. The van der Waals surface area contributed by atoms with Crippen molar-refractivity contribution in [2.45, 2.75) is 85.8 Å². The van der Waals surface area contributed by atoms with Gasteiger partial charge in [-0.2, -0.15) is 0 Å². The Labute approximate surface area is 340 Å². The van der Waals surface area contributed by atoms with Gasteiger partial charge in [0.1, 0.15) is 0 Å². The van der Waals surface area contributed by atoms with Crippen LogP contribution >= 0.6 is 21.6 Å². The van der Waals surface area contributed by atoms with Gasteiger partial charge in [-0.1, -0.05) is 192 Å². The van der Waals surface area contributed by atoms with Crippen molar-refractivity contribution in [3.8, 4) is 0 Å². The van der Waals surface area contributed by atoms with Gasteiger partial charge in [0.25, 0.3) is 0 Å². The summed E-state index contributed by atoms with van der Waals surface area (Å²) in [5.41, 5.74) is 15.1. The monoisotopic (exact) mass is 764 g/mol. The minimum Gasteiger partial charge on any atom is -0.287 e. The molecule has 0 unspecified atom stereocenters. The molecule has 0 heterocycles. The molecule has 0 N–H and O–H groups in total. The van der Waals surface area contributed by atoms with Crippen LogP contribution in [0.1, 0.15) is 94.5 Å². The lowest BCUT2D eigenvalue weighted by atomic mass is 9.48. The SMILES string of the molecule is Cc1ccc(C=N[C@@H]2[C@H](SS[C@H]3[C@@H](N=Cc4ccc(C)cc4)C4(C)c5ccccc5C3(C)c3ccccc34)C3(C)c4ccccc4C2(C)c2ccccc23)cc1. The van der Waals surface area contributed by atoms with Crippen molar-refractivity contribution < 1.29 is 0 Å². The van der Waals surface area contributed by atoms with Crippen molar-refractivity contribution in [3.63, 3.8) is 0 Å². The molecule has 0 aliphatic heterocycles. The van der Waals surface area contributed by atoms with Crippen LogP contribution < -0.4 is 0 Å². The van der Waals surface area contributed by atoms with E-state index in [0.717, 1.165) is 11.1 Å². The van der Waals surface area contributed by atoms with Gasteiger partial charge in [-0.15, -0.1) is 0 Å². The molecule has 0 aromatic heterocycles. The first kappa shape index (κ1) is 35.8. The van der Waals surface area contributed by atoms with Gasteiger partial charge in [-0.3, -0.25) is 9.98 Å². The first-order valence-electron chi connectivity index (χ1n) is 20.0. The van der Waals surface area contributed by atoms with E-state index in [4.69, 9.17) is 9.98 Å². The highest BCUT2D eigenvalue weighted by atomic mass is 33.1. The second-order valence-corrected chi connectivity index (χ2v) is 19.8. The number of aryl methyl sites for hydroxylation is 2. The van der Waals surface area contributed by atoms with Gasteiger partial charge in [0.05, 0.1) is 22.6 Å². The Morgan fingerprint density at radius 3 is 0.893 bits per heavy atom. The summed E-state index contributed by atoms with van der Waals surface area (Å²) in [6.45, 7) is 14.2. The largest absolute Gasteiger partial charge is 0.287 e. The standard InChI is InChI=1S/C52H48N2S2/c1-33-23-27-35(28-24-33)31-53-45-47(51(5)41-19-11-7-15-37(41)49(45,3)38-16-8-12-20-42(38)51)55-56-48-46(54-32-36-29-25-34(2)26-30-36)50(4)39-17-9-13-21-43(39)52(48,6)44-22-14-10-18-40(44)50/h7-32,45-48H,1-6H3/t45-,46-,47+,48+,49?,50?,51?,52?/m1/s1. The van der Waals surface area contributed by atoms with Gasteiger partial charge in [0.2, 0.25) is 0 Å². The zero-order valence-corrected chi connectivity index (χ0v) is 34.7. The lowest BCUT2D eigenvalue weighted by Crippen LogP contribution is -2.63. The van der Waals surface area contributed by atoms with Crippen molar-refractivity contribution in [2.75, 3.05) is 0 Å². The summed E-state index contributed by atoms with van der Waals surface area (Å²) in [4.78, 5) is 11.4. The summed E-state index contributed by atoms with van der Waals surface area (Å²) in [7, 11) is 4.16. The molecule has 2 nitrogen and oxygen atoms in total. The number of hydrogen-bond donors (Lipinski definition) is 0. The van der Waals surface area contributed by atoms with Gasteiger partial charge in [0, 0.05) is 34.1 Å². The summed E-state index contributed by atoms with van der Waals surface area (Å²) in [5, 5.41) is 0.321. The lowest BCUT2D eigenvalue weighted by molar-refractivity contribution is 0.292. The summed E-state index contributed by atoms with van der Waals surface area (Å²) < 4.78 is 0. The summed E-state index contributed by atoms with van der Waals surface area (Å²) in [6.07, 6.45) is 4.30. The van der Waals surface area contributed by atoms with E-state index < -0.39 is 0 Å². The number of rotatable bonds is 7. The quantitative estimate of drug-likeness (QED) is 0.119. The van der Waals surface area contributed by atoms with E-state index in [9.17, 15) is 0 Å². The highest BCUT2D eigenvalue weighted by molar-refractivity contribution is 8.77. The van der Waals surface area contributed by atoms with Crippen molar-refractivity contribution in [1.29, 1.82) is 0 Å². The number of aliphatic imine (C=N–C) groups is 2. The van der Waals surface area contributed by atoms with E-state index in [1.165, 1.54) is 55.6 Å². The van der Waals surface area contributed by atoms with Crippen LogP contribution in [-0.2, 0) is 21.7 Å². The van der Waals surface area contributed by atoms with E-state index in [2.05, 4.69) is 221 Å². The molecular weight excluding hydrogens is 717 g/mol. The van der Waals surface area contributed by atoms with Crippen LogP contribution in [0.5, 0.6) is 0 Å². The number of fused-ring (bicyclic) bond motifs is 2. The molecule has 0 fully saturated rings. The summed E-state index contributed by atoms with van der Waals surface area (Å²) in [6, 6.07) is 54.5.